The van der Waals surface area contributed by atoms with Gasteiger partial charge in [-0.2, -0.15) is 0 Å². The van der Waals surface area contributed by atoms with Crippen LogP contribution in [0.1, 0.15) is 42.8 Å². The highest BCUT2D eigenvalue weighted by atomic mass is 16.5. The van der Waals surface area contributed by atoms with Crippen molar-refractivity contribution >= 4 is 16.8 Å². The van der Waals surface area contributed by atoms with Gasteiger partial charge in [-0.15, -0.1) is 0 Å². The van der Waals surface area contributed by atoms with Gasteiger partial charge >= 0.3 is 0 Å². The van der Waals surface area contributed by atoms with Crippen LogP contribution in [0.2, 0.25) is 0 Å². The second-order valence-electron chi connectivity index (χ2n) is 4.39. The van der Waals surface area contributed by atoms with E-state index in [-0.39, 0.29) is 11.7 Å². The third-order valence-corrected chi connectivity index (χ3v) is 2.83. The van der Waals surface area contributed by atoms with Crippen molar-refractivity contribution < 1.29 is 13.9 Å². The lowest BCUT2D eigenvalue weighted by molar-refractivity contribution is 0.0987. The number of benzene rings is 1. The van der Waals surface area contributed by atoms with E-state index in [1.165, 1.54) is 6.92 Å². The summed E-state index contributed by atoms with van der Waals surface area (Å²) in [4.78, 5) is 11.6. The Hall–Kier alpha value is -1.77. The lowest BCUT2D eigenvalue weighted by Gasteiger charge is -2.04. The number of carbonyl (C=O) groups is 1. The van der Waals surface area contributed by atoms with E-state index in [0.29, 0.717) is 17.1 Å². The number of para-hydroxylation sites is 1. The van der Waals surface area contributed by atoms with Gasteiger partial charge in [0.1, 0.15) is 0 Å². The molecule has 0 unspecified atom stereocenters. The fraction of sp³-hybridized carbons (Fsp3) is 0.357. The lowest BCUT2D eigenvalue weighted by atomic mass is 9.98. The third kappa shape index (κ3) is 1.82. The summed E-state index contributed by atoms with van der Waals surface area (Å²) in [7, 11) is 1.60. The highest BCUT2D eigenvalue weighted by Crippen LogP contribution is 2.36. The molecule has 0 aliphatic carbocycles. The second-order valence-corrected chi connectivity index (χ2v) is 4.39. The minimum Gasteiger partial charge on any atom is -0.493 e. The van der Waals surface area contributed by atoms with Crippen molar-refractivity contribution in [1.29, 1.82) is 0 Å². The number of methoxy groups -OCH3 is 1. The SMILES string of the molecule is COc1cccc2c(C(C)C)c(C(C)=O)oc12. The molecule has 0 aliphatic heterocycles. The van der Waals surface area contributed by atoms with Crippen molar-refractivity contribution in [3.8, 4) is 5.75 Å². The summed E-state index contributed by atoms with van der Waals surface area (Å²) in [5.74, 6) is 1.30. The summed E-state index contributed by atoms with van der Waals surface area (Å²) in [5.41, 5.74) is 1.62. The largest absolute Gasteiger partial charge is 0.493 e. The molecule has 0 aliphatic rings. The number of hydrogen-bond acceptors (Lipinski definition) is 3. The second kappa shape index (κ2) is 4.24. The van der Waals surface area contributed by atoms with Crippen LogP contribution in [0, 0.1) is 0 Å². The first-order valence-corrected chi connectivity index (χ1v) is 5.66. The summed E-state index contributed by atoms with van der Waals surface area (Å²) in [6, 6.07) is 5.70. The number of hydrogen-bond donors (Lipinski definition) is 0. The molecule has 1 aromatic heterocycles. The molecule has 0 amide bonds. The molecule has 0 radical (unpaired) electrons. The number of carbonyl (C=O) groups excluding carboxylic acids is 1. The van der Waals surface area contributed by atoms with Gasteiger partial charge < -0.3 is 9.15 Å². The first-order chi connectivity index (χ1) is 8.06. The van der Waals surface area contributed by atoms with Gasteiger partial charge in [-0.05, 0) is 12.0 Å². The minimum absolute atomic E-state index is 0.0491. The highest BCUT2D eigenvalue weighted by Gasteiger charge is 2.21. The number of furan rings is 1. The van der Waals surface area contributed by atoms with Gasteiger partial charge in [0, 0.05) is 17.9 Å². The van der Waals surface area contributed by atoms with Crippen LogP contribution in [0.15, 0.2) is 22.6 Å². The number of ketones is 1. The Balaban J connectivity index is 2.83. The van der Waals surface area contributed by atoms with Gasteiger partial charge in [-0.25, -0.2) is 0 Å². The number of rotatable bonds is 3. The fourth-order valence-electron chi connectivity index (χ4n) is 2.11. The predicted octanol–water partition coefficient (Wildman–Crippen LogP) is 3.77. The molecule has 0 N–H and O–H groups in total. The van der Waals surface area contributed by atoms with E-state index in [4.69, 9.17) is 9.15 Å². The molecule has 3 heteroatoms. The molecule has 0 saturated carbocycles. The molecular formula is C14H16O3. The number of fused-ring (bicyclic) bond motifs is 1. The normalized spacial score (nSPS) is 11.1. The van der Waals surface area contributed by atoms with Crippen LogP contribution in [0.3, 0.4) is 0 Å². The van der Waals surface area contributed by atoms with Gasteiger partial charge in [0.15, 0.2) is 22.9 Å². The zero-order valence-corrected chi connectivity index (χ0v) is 10.5. The van der Waals surface area contributed by atoms with Crippen molar-refractivity contribution in [2.45, 2.75) is 26.7 Å². The molecule has 1 heterocycles. The molecule has 17 heavy (non-hydrogen) atoms. The van der Waals surface area contributed by atoms with Crippen molar-refractivity contribution in [1.82, 2.24) is 0 Å². The third-order valence-electron chi connectivity index (χ3n) is 2.83. The molecule has 0 bridgehead atoms. The van der Waals surface area contributed by atoms with Crippen LogP contribution in [0.5, 0.6) is 5.75 Å². The first kappa shape index (κ1) is 11.7. The Morgan fingerprint density at radius 2 is 2.06 bits per heavy atom. The lowest BCUT2D eigenvalue weighted by Crippen LogP contribution is -1.97. The van der Waals surface area contributed by atoms with Crippen molar-refractivity contribution in [3.05, 3.63) is 29.5 Å². The maximum atomic E-state index is 11.6. The van der Waals surface area contributed by atoms with E-state index in [1.54, 1.807) is 7.11 Å². The predicted molar refractivity (Wildman–Crippen MR) is 66.9 cm³/mol. The van der Waals surface area contributed by atoms with E-state index < -0.39 is 0 Å². The average molecular weight is 232 g/mol. The highest BCUT2D eigenvalue weighted by molar-refractivity contribution is 6.00. The van der Waals surface area contributed by atoms with E-state index in [1.807, 2.05) is 18.2 Å². The Morgan fingerprint density at radius 1 is 1.35 bits per heavy atom. The first-order valence-electron chi connectivity index (χ1n) is 5.66. The van der Waals surface area contributed by atoms with E-state index in [0.717, 1.165) is 10.9 Å². The molecule has 0 saturated heterocycles. The monoisotopic (exact) mass is 232 g/mol. The standard InChI is InChI=1S/C14H16O3/c1-8(2)12-10-6-5-7-11(16-4)14(10)17-13(12)9(3)15/h5-8H,1-4H3. The average Bonchev–Trinajstić information content (AvgIpc) is 2.67. The number of ether oxygens (including phenoxy) is 1. The summed E-state index contributed by atoms with van der Waals surface area (Å²) >= 11 is 0. The van der Waals surface area contributed by atoms with Crippen molar-refractivity contribution in [2.24, 2.45) is 0 Å². The van der Waals surface area contributed by atoms with Crippen LogP contribution in [-0.4, -0.2) is 12.9 Å². The fourth-order valence-corrected chi connectivity index (χ4v) is 2.11. The Bertz CT molecular complexity index is 564. The van der Waals surface area contributed by atoms with Gasteiger partial charge in [0.25, 0.3) is 0 Å². The van der Waals surface area contributed by atoms with E-state index in [2.05, 4.69) is 13.8 Å². The summed E-state index contributed by atoms with van der Waals surface area (Å²) in [6.45, 7) is 5.63. The smallest absolute Gasteiger partial charge is 0.195 e. The zero-order chi connectivity index (χ0) is 12.6. The Kier molecular flexibility index (Phi) is 2.92. The summed E-state index contributed by atoms with van der Waals surface area (Å²) < 4.78 is 10.9. The molecular weight excluding hydrogens is 216 g/mol. The van der Waals surface area contributed by atoms with E-state index in [9.17, 15) is 4.79 Å². The van der Waals surface area contributed by atoms with E-state index >= 15 is 0 Å². The molecule has 0 fully saturated rings. The zero-order valence-electron chi connectivity index (χ0n) is 10.5. The molecule has 90 valence electrons. The van der Waals surface area contributed by atoms with Gasteiger partial charge in [0.2, 0.25) is 0 Å². The van der Waals surface area contributed by atoms with Crippen LogP contribution >= 0.6 is 0 Å². The van der Waals surface area contributed by atoms with Crippen LogP contribution in [0.25, 0.3) is 11.0 Å². The molecule has 2 rings (SSSR count). The van der Waals surface area contributed by atoms with Crippen molar-refractivity contribution in [3.63, 3.8) is 0 Å². The molecule has 1 aromatic carbocycles. The van der Waals surface area contributed by atoms with Crippen LogP contribution in [-0.2, 0) is 0 Å². The minimum atomic E-state index is -0.0491. The molecule has 0 atom stereocenters. The summed E-state index contributed by atoms with van der Waals surface area (Å²) in [6.07, 6.45) is 0. The van der Waals surface area contributed by atoms with Crippen LogP contribution in [0.4, 0.5) is 0 Å². The van der Waals surface area contributed by atoms with Gasteiger partial charge in [-0.3, -0.25) is 4.79 Å². The Morgan fingerprint density at radius 3 is 2.59 bits per heavy atom. The maximum Gasteiger partial charge on any atom is 0.195 e. The Labute approximate surface area is 100 Å². The van der Waals surface area contributed by atoms with Gasteiger partial charge in [0.05, 0.1) is 7.11 Å². The molecule has 2 aromatic rings. The van der Waals surface area contributed by atoms with Gasteiger partial charge in [-0.1, -0.05) is 26.0 Å². The maximum absolute atomic E-state index is 11.6. The quantitative estimate of drug-likeness (QED) is 0.756. The topological polar surface area (TPSA) is 39.4 Å². The molecule has 0 spiro atoms. The van der Waals surface area contributed by atoms with Crippen molar-refractivity contribution in [2.75, 3.05) is 7.11 Å². The molecule has 3 nitrogen and oxygen atoms in total. The van der Waals surface area contributed by atoms with Crippen LogP contribution < -0.4 is 4.74 Å². The summed E-state index contributed by atoms with van der Waals surface area (Å²) in [5, 5.41) is 0.963. The number of Topliss-reactive ketones (excluding diaryl/α,β-unsaturated/α-hetero) is 1.